The summed E-state index contributed by atoms with van der Waals surface area (Å²) >= 11 is 0. The van der Waals surface area contributed by atoms with E-state index in [1.165, 1.54) is 12.1 Å². The van der Waals surface area contributed by atoms with Gasteiger partial charge in [0.15, 0.2) is 5.78 Å². The minimum absolute atomic E-state index is 0.0468. The van der Waals surface area contributed by atoms with Crippen LogP contribution in [0.25, 0.3) is 0 Å². The van der Waals surface area contributed by atoms with Gasteiger partial charge in [-0.25, -0.2) is 4.39 Å². The molecule has 0 radical (unpaired) electrons. The molecule has 1 fully saturated rings. The third kappa shape index (κ3) is 2.09. The van der Waals surface area contributed by atoms with Crippen molar-refractivity contribution >= 4 is 5.78 Å². The molecule has 0 N–H and O–H groups in total. The van der Waals surface area contributed by atoms with Crippen molar-refractivity contribution in [2.75, 3.05) is 0 Å². The lowest BCUT2D eigenvalue weighted by atomic mass is 9.92. The van der Waals surface area contributed by atoms with Crippen molar-refractivity contribution in [2.24, 2.45) is 11.8 Å². The third-order valence-corrected chi connectivity index (χ3v) is 3.21. The number of hydrogen-bond donors (Lipinski definition) is 0. The van der Waals surface area contributed by atoms with Crippen LogP contribution in [0.15, 0.2) is 18.2 Å². The van der Waals surface area contributed by atoms with Crippen molar-refractivity contribution in [3.63, 3.8) is 0 Å². The summed E-state index contributed by atoms with van der Waals surface area (Å²) in [5, 5.41) is 0. The molecular weight excluding hydrogens is 191 g/mol. The number of ketones is 1. The lowest BCUT2D eigenvalue weighted by Gasteiger charge is -2.11. The quantitative estimate of drug-likeness (QED) is 0.693. The van der Waals surface area contributed by atoms with Crippen molar-refractivity contribution in [2.45, 2.75) is 26.7 Å². The van der Waals surface area contributed by atoms with E-state index in [-0.39, 0.29) is 17.5 Å². The first-order chi connectivity index (χ1) is 7.09. The van der Waals surface area contributed by atoms with Crippen molar-refractivity contribution in [3.8, 4) is 0 Å². The second kappa shape index (κ2) is 3.76. The molecule has 0 spiro atoms. The van der Waals surface area contributed by atoms with Gasteiger partial charge < -0.3 is 0 Å². The summed E-state index contributed by atoms with van der Waals surface area (Å²) in [6.07, 6.45) is 2.28. The van der Waals surface area contributed by atoms with Crippen LogP contribution in [0.3, 0.4) is 0 Å². The average Bonchev–Trinajstić information content (AvgIpc) is 3.03. The molecule has 0 aromatic heterocycles. The normalized spacial score (nSPS) is 17.5. The van der Waals surface area contributed by atoms with Crippen LogP contribution in [-0.4, -0.2) is 5.78 Å². The van der Waals surface area contributed by atoms with E-state index >= 15 is 0 Å². The molecule has 80 valence electrons. The molecule has 0 bridgehead atoms. The molecule has 1 aromatic rings. The maximum Gasteiger partial charge on any atom is 0.166 e. The molecule has 1 atom stereocenters. The van der Waals surface area contributed by atoms with Gasteiger partial charge in [0.25, 0.3) is 0 Å². The van der Waals surface area contributed by atoms with E-state index in [2.05, 4.69) is 0 Å². The number of carbonyl (C=O) groups excluding carboxylic acids is 1. The number of benzene rings is 1. The van der Waals surface area contributed by atoms with E-state index in [1.807, 2.05) is 13.8 Å². The highest BCUT2D eigenvalue weighted by Gasteiger charge is 2.33. The fraction of sp³-hybridized carbons (Fsp3) is 0.462. The third-order valence-electron chi connectivity index (χ3n) is 3.21. The Hall–Kier alpha value is -1.18. The SMILES string of the molecule is Cc1ccc(F)cc1C(=O)C(C)C1CC1. The average molecular weight is 206 g/mol. The lowest BCUT2D eigenvalue weighted by Crippen LogP contribution is -2.14. The molecule has 1 nitrogen and oxygen atoms in total. The smallest absolute Gasteiger partial charge is 0.166 e. The summed E-state index contributed by atoms with van der Waals surface area (Å²) in [7, 11) is 0. The van der Waals surface area contributed by atoms with Crippen LogP contribution in [0.5, 0.6) is 0 Å². The highest BCUT2D eigenvalue weighted by atomic mass is 19.1. The first kappa shape index (κ1) is 10.3. The molecule has 1 aliphatic rings. The molecule has 0 aliphatic heterocycles. The van der Waals surface area contributed by atoms with Crippen LogP contribution in [0.4, 0.5) is 4.39 Å². The van der Waals surface area contributed by atoms with E-state index in [0.29, 0.717) is 11.5 Å². The first-order valence-electron chi connectivity index (χ1n) is 5.40. The van der Waals surface area contributed by atoms with Gasteiger partial charge in [-0.15, -0.1) is 0 Å². The zero-order valence-corrected chi connectivity index (χ0v) is 9.09. The second-order valence-corrected chi connectivity index (χ2v) is 4.45. The van der Waals surface area contributed by atoms with E-state index in [9.17, 15) is 9.18 Å². The topological polar surface area (TPSA) is 17.1 Å². The largest absolute Gasteiger partial charge is 0.294 e. The lowest BCUT2D eigenvalue weighted by molar-refractivity contribution is 0.0915. The number of hydrogen-bond acceptors (Lipinski definition) is 1. The standard InChI is InChI=1S/C13H15FO/c1-8-3-6-11(14)7-12(8)13(15)9(2)10-4-5-10/h3,6-7,9-10H,4-5H2,1-2H3. The molecule has 0 saturated heterocycles. The monoisotopic (exact) mass is 206 g/mol. The van der Waals surface area contributed by atoms with E-state index in [4.69, 9.17) is 0 Å². The van der Waals surface area contributed by atoms with Crippen molar-refractivity contribution in [3.05, 3.63) is 35.1 Å². The summed E-state index contributed by atoms with van der Waals surface area (Å²) in [6.45, 7) is 3.80. The van der Waals surface area contributed by atoms with Crippen LogP contribution in [0.1, 0.15) is 35.7 Å². The van der Waals surface area contributed by atoms with E-state index in [1.54, 1.807) is 6.07 Å². The Morgan fingerprint density at radius 1 is 1.47 bits per heavy atom. The van der Waals surface area contributed by atoms with Gasteiger partial charge in [0.05, 0.1) is 0 Å². The zero-order chi connectivity index (χ0) is 11.0. The van der Waals surface area contributed by atoms with Gasteiger partial charge in [-0.2, -0.15) is 0 Å². The van der Waals surface area contributed by atoms with Gasteiger partial charge in [-0.05, 0) is 43.4 Å². The van der Waals surface area contributed by atoms with Crippen molar-refractivity contribution < 1.29 is 9.18 Å². The number of rotatable bonds is 3. The van der Waals surface area contributed by atoms with Crippen LogP contribution in [0, 0.1) is 24.6 Å². The highest BCUT2D eigenvalue weighted by molar-refractivity contribution is 5.99. The predicted molar refractivity (Wildman–Crippen MR) is 57.4 cm³/mol. The fourth-order valence-electron chi connectivity index (χ4n) is 1.92. The van der Waals surface area contributed by atoms with Crippen LogP contribution >= 0.6 is 0 Å². The van der Waals surface area contributed by atoms with Gasteiger partial charge in [0.1, 0.15) is 5.82 Å². The Bertz CT molecular complexity index is 394. The van der Waals surface area contributed by atoms with Gasteiger partial charge >= 0.3 is 0 Å². The highest BCUT2D eigenvalue weighted by Crippen LogP contribution is 2.38. The Labute approximate surface area is 89.3 Å². The summed E-state index contributed by atoms with van der Waals surface area (Å²) < 4.78 is 13.0. The fourth-order valence-corrected chi connectivity index (χ4v) is 1.92. The molecular formula is C13H15FO. The maximum absolute atomic E-state index is 13.0. The van der Waals surface area contributed by atoms with Gasteiger partial charge in [0.2, 0.25) is 0 Å². The van der Waals surface area contributed by atoms with Crippen LogP contribution in [-0.2, 0) is 0 Å². The second-order valence-electron chi connectivity index (χ2n) is 4.45. The van der Waals surface area contributed by atoms with Gasteiger partial charge in [-0.1, -0.05) is 13.0 Å². The number of carbonyl (C=O) groups is 1. The molecule has 1 aromatic carbocycles. The predicted octanol–water partition coefficient (Wildman–Crippen LogP) is 3.36. The number of Topliss-reactive ketones (excluding diaryl/α,β-unsaturated/α-hetero) is 1. The van der Waals surface area contributed by atoms with Crippen molar-refractivity contribution in [1.82, 2.24) is 0 Å². The summed E-state index contributed by atoms with van der Waals surface area (Å²) in [5.74, 6) is 0.340. The summed E-state index contributed by atoms with van der Waals surface area (Å²) in [6, 6.07) is 4.42. The summed E-state index contributed by atoms with van der Waals surface area (Å²) in [5.41, 5.74) is 1.42. The Balaban J connectivity index is 2.27. The number of aryl methyl sites for hydroxylation is 1. The minimum atomic E-state index is -0.327. The Morgan fingerprint density at radius 3 is 2.73 bits per heavy atom. The molecule has 0 amide bonds. The molecule has 15 heavy (non-hydrogen) atoms. The van der Waals surface area contributed by atoms with E-state index in [0.717, 1.165) is 18.4 Å². The van der Waals surface area contributed by atoms with Crippen LogP contribution in [0.2, 0.25) is 0 Å². The molecule has 2 rings (SSSR count). The maximum atomic E-state index is 13.0. The Morgan fingerprint density at radius 2 is 2.13 bits per heavy atom. The Kier molecular flexibility index (Phi) is 2.59. The number of halogens is 1. The summed E-state index contributed by atoms with van der Waals surface area (Å²) in [4.78, 5) is 12.0. The van der Waals surface area contributed by atoms with Crippen molar-refractivity contribution in [1.29, 1.82) is 0 Å². The molecule has 1 aliphatic carbocycles. The molecule has 2 heteroatoms. The minimum Gasteiger partial charge on any atom is -0.294 e. The van der Waals surface area contributed by atoms with Crippen LogP contribution < -0.4 is 0 Å². The molecule has 0 heterocycles. The zero-order valence-electron chi connectivity index (χ0n) is 9.09. The first-order valence-corrected chi connectivity index (χ1v) is 5.40. The van der Waals surface area contributed by atoms with Gasteiger partial charge in [-0.3, -0.25) is 4.79 Å². The molecule has 1 unspecified atom stereocenters. The van der Waals surface area contributed by atoms with E-state index < -0.39 is 0 Å². The van der Waals surface area contributed by atoms with Gasteiger partial charge in [0, 0.05) is 11.5 Å². The molecule has 1 saturated carbocycles.